The Balaban J connectivity index is 1.74. The number of hydrogen-bond acceptors (Lipinski definition) is 3. The van der Waals surface area contributed by atoms with Gasteiger partial charge in [0.05, 0.1) is 24.2 Å². The minimum Gasteiger partial charge on any atom is -0.374 e. The second-order valence-corrected chi connectivity index (χ2v) is 6.60. The Morgan fingerprint density at radius 2 is 2.16 bits per heavy atom. The Morgan fingerprint density at radius 1 is 1.32 bits per heavy atom. The molecule has 2 heterocycles. The Morgan fingerprint density at radius 3 is 2.95 bits per heavy atom. The van der Waals surface area contributed by atoms with Gasteiger partial charge in [-0.2, -0.15) is 0 Å². The standard InChI is InChI=1S/C15H26N2O2/c1-15(7-4-8-16-11-15)14(18)17-9-10-19-13-6-3-2-5-12(13)17/h12-13,16H,2-11H2,1H3. The van der Waals surface area contributed by atoms with Crippen molar-refractivity contribution in [2.75, 3.05) is 26.2 Å². The molecule has 3 atom stereocenters. The lowest BCUT2D eigenvalue weighted by Crippen LogP contribution is -2.60. The van der Waals surface area contributed by atoms with Crippen LogP contribution in [0.15, 0.2) is 0 Å². The lowest BCUT2D eigenvalue weighted by atomic mass is 9.80. The number of amides is 1. The Bertz CT molecular complexity index is 337. The van der Waals surface area contributed by atoms with E-state index in [-0.39, 0.29) is 5.41 Å². The van der Waals surface area contributed by atoms with Crippen molar-refractivity contribution in [3.63, 3.8) is 0 Å². The molecule has 1 aliphatic carbocycles. The average Bonchev–Trinajstić information content (AvgIpc) is 2.47. The molecule has 0 aromatic carbocycles. The highest BCUT2D eigenvalue weighted by Crippen LogP contribution is 2.34. The Labute approximate surface area is 115 Å². The maximum atomic E-state index is 13.0. The summed E-state index contributed by atoms with van der Waals surface area (Å²) in [6.45, 7) is 5.53. The number of fused-ring (bicyclic) bond motifs is 1. The third kappa shape index (κ3) is 2.52. The minimum absolute atomic E-state index is 0.197. The SMILES string of the molecule is CC1(C(=O)N2CCOC3CCCCC32)CCCNC1. The van der Waals surface area contributed by atoms with E-state index in [4.69, 9.17) is 4.74 Å². The highest BCUT2D eigenvalue weighted by Gasteiger charge is 2.43. The van der Waals surface area contributed by atoms with Gasteiger partial charge in [-0.3, -0.25) is 4.79 Å². The van der Waals surface area contributed by atoms with Gasteiger partial charge in [-0.25, -0.2) is 0 Å². The van der Waals surface area contributed by atoms with Crippen LogP contribution < -0.4 is 5.32 Å². The molecule has 0 bridgehead atoms. The summed E-state index contributed by atoms with van der Waals surface area (Å²) in [6, 6.07) is 0.341. The van der Waals surface area contributed by atoms with E-state index >= 15 is 0 Å². The first-order chi connectivity index (χ1) is 9.21. The first kappa shape index (κ1) is 13.4. The van der Waals surface area contributed by atoms with E-state index in [1.807, 2.05) is 0 Å². The van der Waals surface area contributed by atoms with Crippen molar-refractivity contribution in [2.45, 2.75) is 57.6 Å². The molecule has 108 valence electrons. The summed E-state index contributed by atoms with van der Waals surface area (Å²) in [5.41, 5.74) is -0.197. The molecule has 19 heavy (non-hydrogen) atoms. The molecule has 0 aromatic heterocycles. The van der Waals surface area contributed by atoms with Crippen molar-refractivity contribution in [1.82, 2.24) is 10.2 Å². The molecule has 4 heteroatoms. The van der Waals surface area contributed by atoms with Gasteiger partial charge >= 0.3 is 0 Å². The van der Waals surface area contributed by atoms with Crippen molar-refractivity contribution in [2.24, 2.45) is 5.41 Å². The van der Waals surface area contributed by atoms with Crippen molar-refractivity contribution >= 4 is 5.91 Å². The van der Waals surface area contributed by atoms with Crippen LogP contribution in [0.4, 0.5) is 0 Å². The molecule has 0 aromatic rings. The Kier molecular flexibility index (Phi) is 3.81. The smallest absolute Gasteiger partial charge is 0.230 e. The van der Waals surface area contributed by atoms with Crippen LogP contribution in [0.25, 0.3) is 0 Å². The van der Waals surface area contributed by atoms with Gasteiger partial charge in [-0.05, 0) is 39.2 Å². The number of carbonyl (C=O) groups is 1. The highest BCUT2D eigenvalue weighted by molar-refractivity contribution is 5.83. The summed E-state index contributed by atoms with van der Waals surface area (Å²) in [5, 5.41) is 3.39. The molecule has 4 nitrogen and oxygen atoms in total. The van der Waals surface area contributed by atoms with Crippen LogP contribution in [-0.4, -0.2) is 49.2 Å². The van der Waals surface area contributed by atoms with E-state index in [2.05, 4.69) is 17.1 Å². The first-order valence-electron chi connectivity index (χ1n) is 7.84. The van der Waals surface area contributed by atoms with E-state index in [9.17, 15) is 4.79 Å². The van der Waals surface area contributed by atoms with Crippen LogP contribution in [-0.2, 0) is 9.53 Å². The molecule has 0 radical (unpaired) electrons. The fourth-order valence-electron chi connectivity index (χ4n) is 3.93. The summed E-state index contributed by atoms with van der Waals surface area (Å²) < 4.78 is 5.87. The maximum absolute atomic E-state index is 13.0. The minimum atomic E-state index is -0.197. The molecule has 0 spiro atoms. The van der Waals surface area contributed by atoms with Crippen LogP contribution in [0.3, 0.4) is 0 Å². The zero-order chi connectivity index (χ0) is 13.3. The lowest BCUT2D eigenvalue weighted by Gasteiger charge is -2.47. The van der Waals surface area contributed by atoms with Crippen LogP contribution in [0, 0.1) is 5.41 Å². The topological polar surface area (TPSA) is 41.6 Å². The van der Waals surface area contributed by atoms with Gasteiger partial charge in [-0.15, -0.1) is 0 Å². The van der Waals surface area contributed by atoms with E-state index in [0.717, 1.165) is 51.9 Å². The molecule has 3 fully saturated rings. The summed E-state index contributed by atoms with van der Waals surface area (Å²) in [4.78, 5) is 15.1. The predicted octanol–water partition coefficient (Wildman–Crippen LogP) is 1.55. The average molecular weight is 266 g/mol. The number of morpholine rings is 1. The quantitative estimate of drug-likeness (QED) is 0.783. The summed E-state index contributed by atoms with van der Waals surface area (Å²) in [7, 11) is 0. The molecule has 3 rings (SSSR count). The molecular formula is C15H26N2O2. The third-order valence-electron chi connectivity index (χ3n) is 5.11. The number of carbonyl (C=O) groups excluding carboxylic acids is 1. The van der Waals surface area contributed by atoms with Crippen LogP contribution in [0.2, 0.25) is 0 Å². The normalized spacial score (nSPS) is 39.7. The van der Waals surface area contributed by atoms with Crippen molar-refractivity contribution in [3.05, 3.63) is 0 Å². The Hall–Kier alpha value is -0.610. The van der Waals surface area contributed by atoms with Gasteiger partial charge in [-0.1, -0.05) is 12.8 Å². The van der Waals surface area contributed by atoms with Gasteiger partial charge < -0.3 is 15.0 Å². The summed E-state index contributed by atoms with van der Waals surface area (Å²) in [5.74, 6) is 0.361. The summed E-state index contributed by atoms with van der Waals surface area (Å²) >= 11 is 0. The molecule has 1 N–H and O–H groups in total. The van der Waals surface area contributed by atoms with E-state index in [0.29, 0.717) is 18.1 Å². The third-order valence-corrected chi connectivity index (χ3v) is 5.11. The second kappa shape index (κ2) is 5.41. The van der Waals surface area contributed by atoms with Crippen LogP contribution in [0.1, 0.15) is 45.4 Å². The number of hydrogen-bond donors (Lipinski definition) is 1. The number of nitrogens with zero attached hydrogens (tertiary/aromatic N) is 1. The maximum Gasteiger partial charge on any atom is 0.230 e. The molecular weight excluding hydrogens is 240 g/mol. The predicted molar refractivity (Wildman–Crippen MR) is 73.9 cm³/mol. The summed E-state index contributed by atoms with van der Waals surface area (Å²) in [6.07, 6.45) is 7.18. The van der Waals surface area contributed by atoms with E-state index in [1.165, 1.54) is 12.8 Å². The van der Waals surface area contributed by atoms with Crippen molar-refractivity contribution in [1.29, 1.82) is 0 Å². The fraction of sp³-hybridized carbons (Fsp3) is 0.933. The zero-order valence-corrected chi connectivity index (χ0v) is 12.0. The first-order valence-corrected chi connectivity index (χ1v) is 7.84. The largest absolute Gasteiger partial charge is 0.374 e. The van der Waals surface area contributed by atoms with Gasteiger partial charge in [0.15, 0.2) is 0 Å². The second-order valence-electron chi connectivity index (χ2n) is 6.60. The van der Waals surface area contributed by atoms with Crippen LogP contribution in [0.5, 0.6) is 0 Å². The number of piperidine rings is 1. The molecule has 3 unspecified atom stereocenters. The monoisotopic (exact) mass is 266 g/mol. The number of rotatable bonds is 1. The lowest BCUT2D eigenvalue weighted by molar-refractivity contribution is -0.160. The van der Waals surface area contributed by atoms with Crippen LogP contribution >= 0.6 is 0 Å². The van der Waals surface area contributed by atoms with Crippen molar-refractivity contribution in [3.8, 4) is 0 Å². The molecule has 1 amide bonds. The van der Waals surface area contributed by atoms with E-state index < -0.39 is 0 Å². The number of ether oxygens (including phenoxy) is 1. The van der Waals surface area contributed by atoms with E-state index in [1.54, 1.807) is 0 Å². The highest BCUT2D eigenvalue weighted by atomic mass is 16.5. The van der Waals surface area contributed by atoms with Gasteiger partial charge in [0.25, 0.3) is 0 Å². The zero-order valence-electron chi connectivity index (χ0n) is 12.0. The van der Waals surface area contributed by atoms with Gasteiger partial charge in [0.1, 0.15) is 0 Å². The molecule has 1 saturated carbocycles. The van der Waals surface area contributed by atoms with Crippen molar-refractivity contribution < 1.29 is 9.53 Å². The van der Waals surface area contributed by atoms with Gasteiger partial charge in [0, 0.05) is 13.1 Å². The fourth-order valence-corrected chi connectivity index (χ4v) is 3.93. The number of nitrogens with one attached hydrogen (secondary N) is 1. The molecule has 2 aliphatic heterocycles. The molecule has 3 aliphatic rings. The van der Waals surface area contributed by atoms with Gasteiger partial charge in [0.2, 0.25) is 5.91 Å². The molecule has 2 saturated heterocycles.